The summed E-state index contributed by atoms with van der Waals surface area (Å²) in [4.78, 5) is 20.1. The van der Waals surface area contributed by atoms with Gasteiger partial charge in [0.05, 0.1) is 12.4 Å². The molecule has 0 aromatic carbocycles. The van der Waals surface area contributed by atoms with E-state index < -0.39 is 0 Å². The number of pyridine rings is 1. The van der Waals surface area contributed by atoms with Crippen molar-refractivity contribution in [2.24, 2.45) is 7.05 Å². The molecule has 4 aromatic heterocycles. The monoisotopic (exact) mass is 393 g/mol. The van der Waals surface area contributed by atoms with Crippen molar-refractivity contribution in [2.45, 2.75) is 18.8 Å². The normalized spacial score (nSPS) is 17.3. The van der Waals surface area contributed by atoms with Gasteiger partial charge in [-0.05, 0) is 25.0 Å². The van der Waals surface area contributed by atoms with Crippen LogP contribution in [-0.2, 0) is 7.05 Å². The third-order valence-corrected chi connectivity index (χ3v) is 6.12. The minimum absolute atomic E-state index is 0.0335. The second-order valence-corrected chi connectivity index (χ2v) is 8.04. The molecule has 1 fully saturated rings. The Labute approximate surface area is 165 Å². The number of amides is 1. The molecule has 1 aliphatic rings. The van der Waals surface area contributed by atoms with E-state index in [1.54, 1.807) is 17.1 Å². The van der Waals surface area contributed by atoms with Crippen molar-refractivity contribution in [3.05, 3.63) is 53.7 Å². The van der Waals surface area contributed by atoms with Crippen molar-refractivity contribution in [3.8, 4) is 10.6 Å². The molecule has 4 aromatic rings. The van der Waals surface area contributed by atoms with E-state index in [1.807, 2.05) is 46.9 Å². The van der Waals surface area contributed by atoms with Crippen LogP contribution >= 0.6 is 11.3 Å². The number of carbonyl (C=O) groups is 1. The highest BCUT2D eigenvalue weighted by molar-refractivity contribution is 7.16. The van der Waals surface area contributed by atoms with Crippen molar-refractivity contribution < 1.29 is 4.79 Å². The molecule has 0 spiro atoms. The topological polar surface area (TPSA) is 81.2 Å². The number of aryl methyl sites for hydroxylation is 1. The first-order valence-electron chi connectivity index (χ1n) is 9.23. The molecule has 1 amide bonds. The quantitative estimate of drug-likeness (QED) is 0.534. The lowest BCUT2D eigenvalue weighted by molar-refractivity contribution is 0.0709. The Hall–Kier alpha value is -3.07. The van der Waals surface area contributed by atoms with Gasteiger partial charge in [0.15, 0.2) is 5.65 Å². The Bertz CT molecular complexity index is 1140. The fourth-order valence-electron chi connectivity index (χ4n) is 3.70. The van der Waals surface area contributed by atoms with E-state index in [4.69, 9.17) is 0 Å². The van der Waals surface area contributed by atoms with E-state index in [-0.39, 0.29) is 11.8 Å². The zero-order valence-electron chi connectivity index (χ0n) is 15.4. The number of thiazole rings is 1. The lowest BCUT2D eigenvalue weighted by Gasteiger charge is -2.31. The zero-order valence-corrected chi connectivity index (χ0v) is 16.2. The van der Waals surface area contributed by atoms with Crippen LogP contribution in [0.25, 0.3) is 16.2 Å². The molecule has 8 nitrogen and oxygen atoms in total. The van der Waals surface area contributed by atoms with E-state index >= 15 is 0 Å². The average Bonchev–Trinajstić information content (AvgIpc) is 3.46. The van der Waals surface area contributed by atoms with Crippen molar-refractivity contribution in [1.82, 2.24) is 34.3 Å². The molecule has 0 aliphatic carbocycles. The number of piperidine rings is 1. The Kier molecular flexibility index (Phi) is 4.16. The van der Waals surface area contributed by atoms with E-state index in [9.17, 15) is 4.79 Å². The summed E-state index contributed by atoms with van der Waals surface area (Å²) in [6.45, 7) is 1.40. The predicted octanol–water partition coefficient (Wildman–Crippen LogP) is 2.61. The van der Waals surface area contributed by atoms with Gasteiger partial charge in [-0.1, -0.05) is 6.07 Å². The first-order valence-corrected chi connectivity index (χ1v) is 10.0. The maximum absolute atomic E-state index is 13.1. The van der Waals surface area contributed by atoms with Crippen molar-refractivity contribution >= 4 is 22.9 Å². The maximum Gasteiger partial charge on any atom is 0.265 e. The predicted molar refractivity (Wildman–Crippen MR) is 105 cm³/mol. The Morgan fingerprint density at radius 3 is 3.04 bits per heavy atom. The van der Waals surface area contributed by atoms with Crippen LogP contribution in [0.4, 0.5) is 0 Å². The SMILES string of the molecule is Cn1cc(-c2ncc(C(=O)N3CCC[C@@H](c4nnc5ccccn45)C3)s2)cn1. The minimum atomic E-state index is 0.0335. The van der Waals surface area contributed by atoms with Gasteiger partial charge in [-0.2, -0.15) is 5.10 Å². The van der Waals surface area contributed by atoms with Gasteiger partial charge >= 0.3 is 0 Å². The maximum atomic E-state index is 13.1. The molecule has 5 heterocycles. The van der Waals surface area contributed by atoms with Crippen molar-refractivity contribution in [2.75, 3.05) is 13.1 Å². The first-order chi connectivity index (χ1) is 13.7. The van der Waals surface area contributed by atoms with Crippen LogP contribution in [0.15, 0.2) is 43.0 Å². The molecule has 0 bridgehead atoms. The third-order valence-electron chi connectivity index (χ3n) is 5.08. The van der Waals surface area contributed by atoms with Crippen LogP contribution in [0.2, 0.25) is 0 Å². The van der Waals surface area contributed by atoms with Crippen molar-refractivity contribution in [1.29, 1.82) is 0 Å². The van der Waals surface area contributed by atoms with E-state index in [2.05, 4.69) is 20.3 Å². The molecule has 0 saturated carbocycles. The lowest BCUT2D eigenvalue weighted by Crippen LogP contribution is -2.39. The largest absolute Gasteiger partial charge is 0.337 e. The minimum Gasteiger partial charge on any atom is -0.337 e. The molecule has 0 radical (unpaired) electrons. The number of hydrogen-bond donors (Lipinski definition) is 0. The number of likely N-dealkylation sites (tertiary alicyclic amines) is 1. The zero-order chi connectivity index (χ0) is 19.1. The number of fused-ring (bicyclic) bond motifs is 1. The average molecular weight is 393 g/mol. The molecular weight excluding hydrogens is 374 g/mol. The van der Waals surface area contributed by atoms with Crippen LogP contribution in [0, 0.1) is 0 Å². The van der Waals surface area contributed by atoms with Gasteiger partial charge in [0, 0.05) is 44.0 Å². The standard InChI is InChI=1S/C19H19N7OS/c1-24-11-14(9-21-24)18-20-10-15(28-18)19(27)25-7-4-5-13(12-25)17-23-22-16-6-2-3-8-26(16)17/h2-3,6,8-11,13H,4-5,7,12H2,1H3/t13-/m1/s1. The fourth-order valence-corrected chi connectivity index (χ4v) is 4.56. The van der Waals surface area contributed by atoms with Crippen LogP contribution in [0.1, 0.15) is 34.3 Å². The molecular formula is C19H19N7OS. The molecule has 142 valence electrons. The second kappa shape index (κ2) is 6.83. The Balaban J connectivity index is 1.36. The van der Waals surface area contributed by atoms with Crippen LogP contribution < -0.4 is 0 Å². The number of hydrogen-bond acceptors (Lipinski definition) is 6. The molecule has 1 atom stereocenters. The van der Waals surface area contributed by atoms with Gasteiger partial charge < -0.3 is 4.90 Å². The Morgan fingerprint density at radius 2 is 2.18 bits per heavy atom. The molecule has 1 aliphatic heterocycles. The third kappa shape index (κ3) is 2.97. The molecule has 28 heavy (non-hydrogen) atoms. The second-order valence-electron chi connectivity index (χ2n) is 7.01. The van der Waals surface area contributed by atoms with Gasteiger partial charge in [0.2, 0.25) is 0 Å². The molecule has 0 N–H and O–H groups in total. The van der Waals surface area contributed by atoms with Gasteiger partial charge in [-0.15, -0.1) is 21.5 Å². The highest BCUT2D eigenvalue weighted by Crippen LogP contribution is 2.29. The summed E-state index contributed by atoms with van der Waals surface area (Å²) in [6.07, 6.45) is 9.27. The summed E-state index contributed by atoms with van der Waals surface area (Å²) in [5.74, 6) is 1.14. The van der Waals surface area contributed by atoms with E-state index in [1.165, 1.54) is 11.3 Å². The summed E-state index contributed by atoms with van der Waals surface area (Å²) < 4.78 is 3.75. The molecule has 1 saturated heterocycles. The van der Waals surface area contributed by atoms with Crippen LogP contribution in [0.5, 0.6) is 0 Å². The number of rotatable bonds is 3. The first kappa shape index (κ1) is 17.1. The smallest absolute Gasteiger partial charge is 0.265 e. The highest BCUT2D eigenvalue weighted by Gasteiger charge is 2.29. The molecule has 5 rings (SSSR count). The van der Waals surface area contributed by atoms with Gasteiger partial charge in [0.1, 0.15) is 15.7 Å². The summed E-state index contributed by atoms with van der Waals surface area (Å²) in [5.41, 5.74) is 1.77. The number of nitrogens with zero attached hydrogens (tertiary/aromatic N) is 7. The van der Waals surface area contributed by atoms with Crippen LogP contribution in [-0.4, -0.2) is 53.3 Å². The lowest BCUT2D eigenvalue weighted by atomic mass is 9.97. The summed E-state index contributed by atoms with van der Waals surface area (Å²) in [6, 6.07) is 5.87. The van der Waals surface area contributed by atoms with Crippen LogP contribution in [0.3, 0.4) is 0 Å². The van der Waals surface area contributed by atoms with E-state index in [0.29, 0.717) is 11.4 Å². The van der Waals surface area contributed by atoms with E-state index in [0.717, 1.165) is 41.4 Å². The van der Waals surface area contributed by atoms with Gasteiger partial charge in [0.25, 0.3) is 5.91 Å². The van der Waals surface area contributed by atoms with Crippen molar-refractivity contribution in [3.63, 3.8) is 0 Å². The molecule has 9 heteroatoms. The summed E-state index contributed by atoms with van der Waals surface area (Å²) >= 11 is 1.41. The van der Waals surface area contributed by atoms with Gasteiger partial charge in [-0.25, -0.2) is 4.98 Å². The Morgan fingerprint density at radius 1 is 1.25 bits per heavy atom. The number of carbonyl (C=O) groups excluding carboxylic acids is 1. The highest BCUT2D eigenvalue weighted by atomic mass is 32.1. The summed E-state index contributed by atoms with van der Waals surface area (Å²) in [7, 11) is 1.87. The number of aromatic nitrogens is 6. The molecule has 0 unspecified atom stereocenters. The summed E-state index contributed by atoms with van der Waals surface area (Å²) in [5, 5.41) is 13.6. The fraction of sp³-hybridized carbons (Fsp3) is 0.316. The van der Waals surface area contributed by atoms with Gasteiger partial charge in [-0.3, -0.25) is 13.9 Å².